The van der Waals surface area contributed by atoms with Crippen LogP contribution in [0, 0.1) is 5.92 Å². The van der Waals surface area contributed by atoms with Crippen LogP contribution in [0.15, 0.2) is 35.6 Å². The van der Waals surface area contributed by atoms with Gasteiger partial charge in [0.05, 0.1) is 6.26 Å². The van der Waals surface area contributed by atoms with Crippen LogP contribution in [-0.4, -0.2) is 36.9 Å². The Balaban J connectivity index is 1.47. The number of hydrogen-bond donors (Lipinski definition) is 1. The Kier molecular flexibility index (Phi) is 7.12. The molecule has 3 rings (SSSR count). The van der Waals surface area contributed by atoms with Crippen LogP contribution < -0.4 is 9.50 Å². The van der Waals surface area contributed by atoms with Crippen LogP contribution >= 0.6 is 11.8 Å². The predicted octanol–water partition coefficient (Wildman–Crippen LogP) is 4.38. The Morgan fingerprint density at radius 1 is 1.30 bits per heavy atom. The second-order valence-electron chi connectivity index (χ2n) is 7.10. The van der Waals surface area contributed by atoms with Crippen molar-refractivity contribution >= 4 is 27.6 Å². The van der Waals surface area contributed by atoms with E-state index in [0.29, 0.717) is 17.4 Å². The number of aryl methyl sites for hydroxylation is 1. The highest BCUT2D eigenvalue weighted by Crippen LogP contribution is 2.31. The van der Waals surface area contributed by atoms with Gasteiger partial charge in [-0.25, -0.2) is 9.97 Å². The van der Waals surface area contributed by atoms with Gasteiger partial charge >= 0.3 is 16.3 Å². The maximum absolute atomic E-state index is 12.7. The van der Waals surface area contributed by atoms with Crippen LogP contribution in [0.25, 0.3) is 0 Å². The number of nitrogens with zero attached hydrogens (tertiary/aromatic N) is 2. The molecule has 0 fully saturated rings. The second-order valence-corrected chi connectivity index (χ2v) is 9.74. The lowest BCUT2D eigenvalue weighted by atomic mass is 9.97. The Bertz CT molecular complexity index is 984. The summed E-state index contributed by atoms with van der Waals surface area (Å²) in [6, 6.07) is 6.05. The molecule has 2 aromatic rings. The van der Waals surface area contributed by atoms with E-state index in [4.69, 9.17) is 4.18 Å². The average molecular weight is 462 g/mol. The molecule has 1 aliphatic rings. The molecule has 164 valence electrons. The molecule has 1 aromatic carbocycles. The van der Waals surface area contributed by atoms with Gasteiger partial charge in [0.2, 0.25) is 0 Å². The highest BCUT2D eigenvalue weighted by Gasteiger charge is 2.32. The van der Waals surface area contributed by atoms with Crippen molar-refractivity contribution in [2.75, 3.05) is 23.9 Å². The Labute approximate surface area is 177 Å². The van der Waals surface area contributed by atoms with Crippen molar-refractivity contribution in [2.24, 2.45) is 5.92 Å². The van der Waals surface area contributed by atoms with Crippen LogP contribution in [0.5, 0.6) is 5.75 Å². The smallest absolute Gasteiger partial charge is 0.385 e. The number of aromatic nitrogens is 2. The van der Waals surface area contributed by atoms with Crippen molar-refractivity contribution in [3.8, 4) is 5.75 Å². The molecule has 2 heterocycles. The van der Waals surface area contributed by atoms with Gasteiger partial charge in [-0.15, -0.1) is 0 Å². The molecule has 0 radical (unpaired) electrons. The fourth-order valence-electron chi connectivity index (χ4n) is 3.24. The number of anilines is 1. The number of thioether (sulfide) groups is 1. The Morgan fingerprint density at radius 2 is 2.10 bits per heavy atom. The van der Waals surface area contributed by atoms with E-state index >= 15 is 0 Å². The first-order valence-corrected chi connectivity index (χ1v) is 12.2. The van der Waals surface area contributed by atoms with E-state index in [-0.39, 0.29) is 5.16 Å². The van der Waals surface area contributed by atoms with Gasteiger partial charge < -0.3 is 9.50 Å². The first-order valence-electron chi connectivity index (χ1n) is 9.39. The van der Waals surface area contributed by atoms with E-state index in [1.165, 1.54) is 11.8 Å². The summed E-state index contributed by atoms with van der Waals surface area (Å²) in [5.41, 5.74) is 1.04. The molecular formula is C19H22F3N3O3S2. The standard InChI is InChI=1S/C19H22F3N3O3S2/c1-30(26,27)28-15-6-7-16-14(11-15)5-4-13(12-24-16)3-2-10-29-18-23-9-8-17(25-18)19(20,21)22/h6-9,11,13,24H,2-5,10,12H2,1H3. The summed E-state index contributed by atoms with van der Waals surface area (Å²) in [4.78, 5) is 7.46. The van der Waals surface area contributed by atoms with Crippen molar-refractivity contribution in [2.45, 2.75) is 37.0 Å². The van der Waals surface area contributed by atoms with E-state index in [2.05, 4.69) is 15.3 Å². The topological polar surface area (TPSA) is 81.2 Å². The van der Waals surface area contributed by atoms with Gasteiger partial charge in [0.15, 0.2) is 5.16 Å². The Morgan fingerprint density at radius 3 is 2.83 bits per heavy atom. The zero-order chi connectivity index (χ0) is 21.8. The average Bonchev–Trinajstić information content (AvgIpc) is 2.86. The summed E-state index contributed by atoms with van der Waals surface area (Å²) in [7, 11) is -3.57. The first kappa shape index (κ1) is 22.7. The number of alkyl halides is 3. The summed E-state index contributed by atoms with van der Waals surface area (Å²) in [6.07, 6.45) is 1.13. The van der Waals surface area contributed by atoms with Gasteiger partial charge in [0.25, 0.3) is 0 Å². The molecule has 1 atom stereocenters. The molecule has 0 amide bonds. The minimum atomic E-state index is -4.47. The van der Waals surface area contributed by atoms with Crippen LogP contribution in [0.1, 0.15) is 30.5 Å². The SMILES string of the molecule is CS(=O)(=O)Oc1ccc2c(c1)CCC(CCCSc1nccc(C(F)(F)F)n1)CN2. The number of halogens is 3. The maximum atomic E-state index is 12.7. The number of benzene rings is 1. The molecule has 1 N–H and O–H groups in total. The van der Waals surface area contributed by atoms with Crippen molar-refractivity contribution < 1.29 is 25.8 Å². The van der Waals surface area contributed by atoms with Crippen LogP contribution in [0.3, 0.4) is 0 Å². The third-order valence-corrected chi connectivity index (χ3v) is 6.08. The highest BCUT2D eigenvalue weighted by atomic mass is 32.2. The normalized spacial score (nSPS) is 17.0. The molecular weight excluding hydrogens is 439 g/mol. The van der Waals surface area contributed by atoms with Crippen molar-refractivity contribution in [1.29, 1.82) is 0 Å². The fraction of sp³-hybridized carbons (Fsp3) is 0.474. The van der Waals surface area contributed by atoms with Crippen LogP contribution in [0.4, 0.5) is 18.9 Å². The largest absolute Gasteiger partial charge is 0.433 e. The van der Waals surface area contributed by atoms with Gasteiger partial charge in [0.1, 0.15) is 11.4 Å². The van der Waals surface area contributed by atoms with Gasteiger partial charge in [0, 0.05) is 24.2 Å². The lowest BCUT2D eigenvalue weighted by Gasteiger charge is -2.14. The molecule has 30 heavy (non-hydrogen) atoms. The number of nitrogens with one attached hydrogen (secondary N) is 1. The zero-order valence-corrected chi connectivity index (χ0v) is 17.9. The molecule has 0 saturated heterocycles. The predicted molar refractivity (Wildman–Crippen MR) is 109 cm³/mol. The summed E-state index contributed by atoms with van der Waals surface area (Å²) in [5.74, 6) is 1.34. The first-order chi connectivity index (χ1) is 14.1. The number of rotatable bonds is 7. The summed E-state index contributed by atoms with van der Waals surface area (Å²) in [5, 5.41) is 3.52. The molecule has 11 heteroatoms. The van der Waals surface area contributed by atoms with E-state index in [1.54, 1.807) is 12.1 Å². The van der Waals surface area contributed by atoms with Crippen LogP contribution in [-0.2, 0) is 22.7 Å². The van der Waals surface area contributed by atoms with E-state index in [1.807, 2.05) is 6.07 Å². The zero-order valence-electron chi connectivity index (χ0n) is 16.3. The lowest BCUT2D eigenvalue weighted by molar-refractivity contribution is -0.141. The maximum Gasteiger partial charge on any atom is 0.433 e. The lowest BCUT2D eigenvalue weighted by Crippen LogP contribution is -2.12. The van der Waals surface area contributed by atoms with E-state index < -0.39 is 22.0 Å². The molecule has 1 aliphatic heterocycles. The number of hydrogen-bond acceptors (Lipinski definition) is 7. The molecule has 0 bridgehead atoms. The molecule has 1 unspecified atom stereocenters. The van der Waals surface area contributed by atoms with Gasteiger partial charge in [-0.1, -0.05) is 11.8 Å². The van der Waals surface area contributed by atoms with Crippen molar-refractivity contribution in [3.05, 3.63) is 41.7 Å². The second kappa shape index (κ2) is 9.42. The molecule has 0 spiro atoms. The molecule has 0 saturated carbocycles. The summed E-state index contributed by atoms with van der Waals surface area (Å²) >= 11 is 1.22. The van der Waals surface area contributed by atoms with Gasteiger partial charge in [-0.2, -0.15) is 21.6 Å². The van der Waals surface area contributed by atoms with Crippen molar-refractivity contribution in [3.63, 3.8) is 0 Å². The summed E-state index contributed by atoms with van der Waals surface area (Å²) in [6.45, 7) is 0.782. The third kappa shape index (κ3) is 6.76. The molecule has 0 aliphatic carbocycles. The van der Waals surface area contributed by atoms with Crippen LogP contribution in [0.2, 0.25) is 0 Å². The van der Waals surface area contributed by atoms with Gasteiger partial charge in [-0.05, 0) is 61.4 Å². The quantitative estimate of drug-likeness (QED) is 0.284. The minimum Gasteiger partial charge on any atom is -0.385 e. The highest BCUT2D eigenvalue weighted by molar-refractivity contribution is 7.99. The molecule has 6 nitrogen and oxygen atoms in total. The molecule has 1 aromatic heterocycles. The monoisotopic (exact) mass is 461 g/mol. The van der Waals surface area contributed by atoms with E-state index in [9.17, 15) is 21.6 Å². The van der Waals surface area contributed by atoms with E-state index in [0.717, 1.165) is 62.0 Å². The Hall–Kier alpha value is -2.01. The van der Waals surface area contributed by atoms with Crippen molar-refractivity contribution in [1.82, 2.24) is 9.97 Å². The number of fused-ring (bicyclic) bond motifs is 1. The third-order valence-electron chi connectivity index (χ3n) is 4.64. The van der Waals surface area contributed by atoms with Gasteiger partial charge in [-0.3, -0.25) is 0 Å². The summed E-state index contributed by atoms with van der Waals surface area (Å²) < 4.78 is 65.7. The minimum absolute atomic E-state index is 0.134. The fourth-order valence-corrected chi connectivity index (χ4v) is 4.49.